The molecule has 0 nitrogen and oxygen atoms in total. The van der Waals surface area contributed by atoms with Crippen LogP contribution in [0, 0.1) is 6.92 Å². The topological polar surface area (TPSA) is 0 Å². The summed E-state index contributed by atoms with van der Waals surface area (Å²) < 4.78 is 1.36. The van der Waals surface area contributed by atoms with Crippen molar-refractivity contribution in [3.63, 3.8) is 0 Å². The number of hydrogen-bond acceptors (Lipinski definition) is 1. The van der Waals surface area contributed by atoms with E-state index >= 15 is 0 Å². The maximum atomic E-state index is 2.39. The van der Waals surface area contributed by atoms with E-state index in [0.29, 0.717) is 0 Å². The van der Waals surface area contributed by atoms with Crippen LogP contribution < -0.4 is 0 Å². The van der Waals surface area contributed by atoms with E-state index in [0.717, 1.165) is 0 Å². The van der Waals surface area contributed by atoms with E-state index in [1.807, 2.05) is 11.8 Å². The second kappa shape index (κ2) is 5.05. The van der Waals surface area contributed by atoms with Gasteiger partial charge in [0, 0.05) is 7.81 Å². The zero-order valence-corrected chi connectivity index (χ0v) is 11.1. The van der Waals surface area contributed by atoms with Gasteiger partial charge >= 0.3 is 0 Å². The standard InChI is InChI=1S/C11H13IS/c1-8(2)11(12)13-10-6-4-9(3)5-7-10/h4-7H,1-3H3. The number of benzene rings is 1. The fourth-order valence-electron chi connectivity index (χ4n) is 0.812. The van der Waals surface area contributed by atoms with Crippen LogP contribution in [-0.4, -0.2) is 0 Å². The highest BCUT2D eigenvalue weighted by atomic mass is 127. The van der Waals surface area contributed by atoms with Gasteiger partial charge in [0.15, 0.2) is 0 Å². The number of rotatable bonds is 2. The maximum Gasteiger partial charge on any atom is 0.0492 e. The first kappa shape index (κ1) is 11.1. The normalized spacial score (nSPS) is 9.85. The first-order valence-electron chi connectivity index (χ1n) is 4.17. The Bertz CT molecular complexity index is 307. The molecule has 0 spiro atoms. The highest BCUT2D eigenvalue weighted by Gasteiger charge is 1.97. The lowest BCUT2D eigenvalue weighted by molar-refractivity contribution is 1.37. The Morgan fingerprint density at radius 2 is 1.69 bits per heavy atom. The third kappa shape index (κ3) is 3.73. The third-order valence-electron chi connectivity index (χ3n) is 1.62. The van der Waals surface area contributed by atoms with Gasteiger partial charge in [0.25, 0.3) is 0 Å². The molecule has 1 rings (SSSR count). The molecule has 0 aliphatic carbocycles. The highest BCUT2D eigenvalue weighted by molar-refractivity contribution is 14.1. The molecule has 0 aliphatic rings. The Hall–Kier alpha value is 0.0400. The lowest BCUT2D eigenvalue weighted by atomic mass is 10.2. The van der Waals surface area contributed by atoms with Crippen molar-refractivity contribution in [3.05, 3.63) is 38.3 Å². The molecule has 0 saturated heterocycles. The van der Waals surface area contributed by atoms with Crippen molar-refractivity contribution in [2.75, 3.05) is 0 Å². The van der Waals surface area contributed by atoms with Crippen LogP contribution in [0.1, 0.15) is 19.4 Å². The Labute approximate surface area is 98.0 Å². The van der Waals surface area contributed by atoms with Crippen molar-refractivity contribution in [2.24, 2.45) is 0 Å². The monoisotopic (exact) mass is 304 g/mol. The van der Waals surface area contributed by atoms with Gasteiger partial charge < -0.3 is 0 Å². The van der Waals surface area contributed by atoms with Crippen LogP contribution >= 0.6 is 34.4 Å². The summed E-state index contributed by atoms with van der Waals surface area (Å²) in [5.74, 6) is 0. The van der Waals surface area contributed by atoms with Crippen molar-refractivity contribution in [1.29, 1.82) is 0 Å². The van der Waals surface area contributed by atoms with E-state index in [1.54, 1.807) is 0 Å². The summed E-state index contributed by atoms with van der Waals surface area (Å²) in [5, 5.41) is 0. The molecule has 0 N–H and O–H groups in total. The molecular weight excluding hydrogens is 291 g/mol. The first-order chi connectivity index (χ1) is 6.09. The van der Waals surface area contributed by atoms with Crippen LogP contribution in [0.3, 0.4) is 0 Å². The molecule has 70 valence electrons. The van der Waals surface area contributed by atoms with Gasteiger partial charge in [0.1, 0.15) is 0 Å². The largest absolute Gasteiger partial charge is 0.0835 e. The van der Waals surface area contributed by atoms with Crippen LogP contribution in [-0.2, 0) is 0 Å². The lowest BCUT2D eigenvalue weighted by Crippen LogP contribution is -1.74. The summed E-state index contributed by atoms with van der Waals surface area (Å²) in [6.07, 6.45) is 0. The van der Waals surface area contributed by atoms with Crippen LogP contribution in [0.25, 0.3) is 0 Å². The molecule has 0 fully saturated rings. The van der Waals surface area contributed by atoms with E-state index in [9.17, 15) is 0 Å². The Morgan fingerprint density at radius 3 is 2.15 bits per heavy atom. The molecule has 0 amide bonds. The summed E-state index contributed by atoms with van der Waals surface area (Å²) in [5.41, 5.74) is 2.70. The van der Waals surface area contributed by atoms with Crippen LogP contribution in [0.15, 0.2) is 37.6 Å². The zero-order chi connectivity index (χ0) is 9.84. The average Bonchev–Trinajstić information content (AvgIpc) is 2.08. The lowest BCUT2D eigenvalue weighted by Gasteiger charge is -2.02. The number of thioether (sulfide) groups is 1. The van der Waals surface area contributed by atoms with Crippen molar-refractivity contribution in [3.8, 4) is 0 Å². The van der Waals surface area contributed by atoms with Gasteiger partial charge in [-0.2, -0.15) is 0 Å². The summed E-state index contributed by atoms with van der Waals surface area (Å²) in [6, 6.07) is 8.64. The van der Waals surface area contributed by atoms with E-state index in [1.165, 1.54) is 18.9 Å². The summed E-state index contributed by atoms with van der Waals surface area (Å²) in [4.78, 5) is 1.32. The van der Waals surface area contributed by atoms with Gasteiger partial charge in [0.05, 0.1) is 0 Å². The number of hydrogen-bond donors (Lipinski definition) is 0. The first-order valence-corrected chi connectivity index (χ1v) is 6.06. The van der Waals surface area contributed by atoms with Gasteiger partial charge in [-0.3, -0.25) is 0 Å². The fourth-order valence-corrected chi connectivity index (χ4v) is 2.26. The summed E-state index contributed by atoms with van der Waals surface area (Å²) in [7, 11) is 0. The van der Waals surface area contributed by atoms with E-state index in [2.05, 4.69) is 67.6 Å². The van der Waals surface area contributed by atoms with Crippen molar-refractivity contribution in [1.82, 2.24) is 0 Å². The van der Waals surface area contributed by atoms with Crippen molar-refractivity contribution in [2.45, 2.75) is 25.7 Å². The fraction of sp³-hybridized carbons (Fsp3) is 0.273. The second-order valence-electron chi connectivity index (χ2n) is 3.19. The average molecular weight is 304 g/mol. The predicted molar refractivity (Wildman–Crippen MR) is 69.4 cm³/mol. The van der Waals surface area contributed by atoms with Crippen LogP contribution in [0.5, 0.6) is 0 Å². The van der Waals surface area contributed by atoms with Gasteiger partial charge in [-0.25, -0.2) is 0 Å². The predicted octanol–water partition coefficient (Wildman–Crippen LogP) is 4.77. The SMILES string of the molecule is CC(C)=C(I)Sc1ccc(C)cc1. The molecule has 0 aromatic heterocycles. The summed E-state index contributed by atoms with van der Waals surface area (Å²) in [6.45, 7) is 6.40. The minimum atomic E-state index is 1.32. The molecular formula is C11H13IS. The molecule has 0 bridgehead atoms. The van der Waals surface area contributed by atoms with E-state index in [-0.39, 0.29) is 0 Å². The molecule has 1 aromatic rings. The Balaban J connectivity index is 2.76. The molecule has 0 aliphatic heterocycles. The molecule has 0 unspecified atom stereocenters. The number of allylic oxidation sites excluding steroid dienone is 1. The van der Waals surface area contributed by atoms with Gasteiger partial charge in [0.2, 0.25) is 0 Å². The smallest absolute Gasteiger partial charge is 0.0492 e. The quantitative estimate of drug-likeness (QED) is 0.560. The maximum absolute atomic E-state index is 2.39. The third-order valence-corrected chi connectivity index (χ3v) is 4.46. The van der Waals surface area contributed by atoms with Crippen molar-refractivity contribution < 1.29 is 0 Å². The van der Waals surface area contributed by atoms with E-state index in [4.69, 9.17) is 0 Å². The van der Waals surface area contributed by atoms with Gasteiger partial charge in [-0.15, -0.1) is 0 Å². The molecule has 1 aromatic carbocycles. The van der Waals surface area contributed by atoms with Gasteiger partial charge in [-0.1, -0.05) is 35.0 Å². The summed E-state index contributed by atoms with van der Waals surface area (Å²) >= 11 is 4.21. The molecule has 0 radical (unpaired) electrons. The number of aryl methyl sites for hydroxylation is 1. The highest BCUT2D eigenvalue weighted by Crippen LogP contribution is 2.33. The Kier molecular flexibility index (Phi) is 4.32. The molecule has 2 heteroatoms. The molecule has 0 atom stereocenters. The van der Waals surface area contributed by atoms with Crippen molar-refractivity contribution >= 4 is 34.4 Å². The molecule has 13 heavy (non-hydrogen) atoms. The minimum absolute atomic E-state index is 1.32. The molecule has 0 saturated carbocycles. The number of halogens is 1. The zero-order valence-electron chi connectivity index (χ0n) is 8.10. The van der Waals surface area contributed by atoms with E-state index < -0.39 is 0 Å². The second-order valence-corrected chi connectivity index (χ2v) is 6.08. The van der Waals surface area contributed by atoms with Gasteiger partial charge in [-0.05, 0) is 55.5 Å². The van der Waals surface area contributed by atoms with Crippen LogP contribution in [0.4, 0.5) is 0 Å². The van der Waals surface area contributed by atoms with Crippen LogP contribution in [0.2, 0.25) is 0 Å². The Morgan fingerprint density at radius 1 is 1.15 bits per heavy atom. The minimum Gasteiger partial charge on any atom is -0.0835 e. The molecule has 0 heterocycles.